The van der Waals surface area contributed by atoms with Gasteiger partial charge in [-0.05, 0) is 62.1 Å². The number of hydrogen-bond donors (Lipinski definition) is 2. The van der Waals surface area contributed by atoms with Crippen molar-refractivity contribution in [1.82, 2.24) is 10.2 Å². The molecule has 1 spiro atoms. The van der Waals surface area contributed by atoms with Gasteiger partial charge in [-0.1, -0.05) is 88.7 Å². The molecule has 3 fully saturated rings. The maximum absolute atomic E-state index is 15.3. The third-order valence-electron chi connectivity index (χ3n) is 11.3. The van der Waals surface area contributed by atoms with Gasteiger partial charge in [0.2, 0.25) is 11.8 Å². The summed E-state index contributed by atoms with van der Waals surface area (Å²) in [5.74, 6) is -3.78. The van der Waals surface area contributed by atoms with Gasteiger partial charge in [-0.25, -0.2) is 0 Å². The Bertz CT molecular complexity index is 1870. The van der Waals surface area contributed by atoms with Crippen LogP contribution in [0.3, 0.4) is 0 Å². The lowest BCUT2D eigenvalue weighted by molar-refractivity contribution is -0.146. The van der Waals surface area contributed by atoms with Gasteiger partial charge in [0.1, 0.15) is 18.2 Å². The van der Waals surface area contributed by atoms with E-state index in [0.29, 0.717) is 17.7 Å². The normalized spacial score (nSPS) is 24.5. The zero-order chi connectivity index (χ0) is 40.0. The van der Waals surface area contributed by atoms with E-state index in [-0.39, 0.29) is 30.8 Å². The highest BCUT2D eigenvalue weighted by atomic mass is 79.9. The largest absolute Gasteiger partial charge is 0.463 e. The predicted molar refractivity (Wildman–Crippen MR) is 219 cm³/mol. The summed E-state index contributed by atoms with van der Waals surface area (Å²) in [6.07, 6.45) is 3.43. The van der Waals surface area contributed by atoms with Crippen molar-refractivity contribution in [2.75, 3.05) is 42.6 Å². The van der Waals surface area contributed by atoms with E-state index in [2.05, 4.69) is 53.2 Å². The summed E-state index contributed by atoms with van der Waals surface area (Å²) >= 11 is 3.78. The molecule has 2 bridgehead atoms. The first kappa shape index (κ1) is 40.9. The molecule has 12 heteroatoms. The van der Waals surface area contributed by atoms with Crippen molar-refractivity contribution < 1.29 is 33.8 Å². The Balaban J connectivity index is 1.39. The highest BCUT2D eigenvalue weighted by molar-refractivity contribution is 9.09. The first-order valence-electron chi connectivity index (χ1n) is 19.3. The molecule has 2 N–H and O–H groups in total. The van der Waals surface area contributed by atoms with Gasteiger partial charge in [-0.2, -0.15) is 0 Å². The SMILES string of the molecule is C=CCCC(=O)OC[C@@H](NC(=O)[C@H]1[C@@H]2O[C@@]3(CC2Br)[C@@H]1C(=O)N([C@H](CO)c1ccccc1)[C@@H]3C(=O)N(CC=C)c1ccc(N(CC)CC)cc1)c1ccccc1. The molecule has 3 amide bonds. The van der Waals surface area contributed by atoms with Crippen LogP contribution in [-0.2, 0) is 28.7 Å². The summed E-state index contributed by atoms with van der Waals surface area (Å²) < 4.78 is 12.4. The van der Waals surface area contributed by atoms with Crippen molar-refractivity contribution in [3.05, 3.63) is 121 Å². The number of esters is 1. The number of rotatable bonds is 18. The standard InChI is InChI=1S/C44H51BrN4O7/c1-5-9-20-36(51)55-28-34(29-16-12-10-13-17-29)46-41(52)37-38-42(53)49(35(27-50)30-18-14-11-15-19-30)40(44(38)26-33(45)39(37)56-44)43(54)48(25-6-2)32-23-21-31(22-24-32)47(7-3)8-4/h5-6,10-19,21-24,33-35,37-40,50H,1-2,7-9,20,25-28H2,3-4H3,(H,46,52)/t33?,34-,35-,37-,38+,39-,40-,44+/m1/s1. The minimum absolute atomic E-state index is 0.122. The van der Waals surface area contributed by atoms with Gasteiger partial charge in [-0.15, -0.1) is 13.2 Å². The smallest absolute Gasteiger partial charge is 0.306 e. The van der Waals surface area contributed by atoms with Gasteiger partial charge >= 0.3 is 5.97 Å². The lowest BCUT2D eigenvalue weighted by atomic mass is 9.70. The number of anilines is 2. The summed E-state index contributed by atoms with van der Waals surface area (Å²) in [5.41, 5.74) is 1.58. The number of carbonyl (C=O) groups excluding carboxylic acids is 4. The summed E-state index contributed by atoms with van der Waals surface area (Å²) in [6.45, 7) is 13.0. The van der Waals surface area contributed by atoms with Gasteiger partial charge in [0.25, 0.3) is 5.91 Å². The fourth-order valence-corrected chi connectivity index (χ4v) is 9.63. The van der Waals surface area contributed by atoms with E-state index in [0.717, 1.165) is 24.3 Å². The quantitative estimate of drug-likeness (QED) is 0.0923. The van der Waals surface area contributed by atoms with Crippen LogP contribution < -0.4 is 15.1 Å². The Morgan fingerprint density at radius 1 is 0.982 bits per heavy atom. The Hall–Kier alpha value is -4.78. The number of allylic oxidation sites excluding steroid dienone is 1. The highest BCUT2D eigenvalue weighted by Gasteiger charge is 2.77. The Morgan fingerprint density at radius 3 is 2.20 bits per heavy atom. The van der Waals surface area contributed by atoms with E-state index in [1.165, 1.54) is 4.90 Å². The Kier molecular flexibility index (Phi) is 13.1. The first-order valence-corrected chi connectivity index (χ1v) is 20.2. The zero-order valence-electron chi connectivity index (χ0n) is 32.0. The van der Waals surface area contributed by atoms with Crippen molar-refractivity contribution in [1.29, 1.82) is 0 Å². The number of amides is 3. The second-order valence-corrected chi connectivity index (χ2v) is 15.6. The van der Waals surface area contributed by atoms with E-state index in [4.69, 9.17) is 9.47 Å². The average Bonchev–Trinajstić information content (AvgIpc) is 3.82. The molecule has 0 aromatic heterocycles. The molecular weight excluding hydrogens is 776 g/mol. The second-order valence-electron chi connectivity index (χ2n) is 14.4. The number of likely N-dealkylation sites (tertiary alicyclic amines) is 1. The van der Waals surface area contributed by atoms with Gasteiger partial charge in [-0.3, -0.25) is 19.2 Å². The van der Waals surface area contributed by atoms with Crippen LogP contribution in [0.1, 0.15) is 56.3 Å². The number of carbonyl (C=O) groups is 4. The van der Waals surface area contributed by atoms with E-state index in [9.17, 15) is 14.7 Å². The fourth-order valence-electron chi connectivity index (χ4n) is 8.69. The topological polar surface area (TPSA) is 129 Å². The molecule has 56 heavy (non-hydrogen) atoms. The number of nitrogens with one attached hydrogen (secondary N) is 1. The van der Waals surface area contributed by atoms with Crippen molar-refractivity contribution in [3.8, 4) is 0 Å². The molecule has 1 unspecified atom stereocenters. The molecule has 3 aliphatic heterocycles. The van der Waals surface area contributed by atoms with E-state index < -0.39 is 72.0 Å². The number of alkyl halides is 1. The maximum Gasteiger partial charge on any atom is 0.306 e. The minimum Gasteiger partial charge on any atom is -0.463 e. The monoisotopic (exact) mass is 826 g/mol. The van der Waals surface area contributed by atoms with Crippen LogP contribution in [0, 0.1) is 11.8 Å². The lowest BCUT2D eigenvalue weighted by Gasteiger charge is -2.39. The summed E-state index contributed by atoms with van der Waals surface area (Å²) in [4.78, 5) is 62.5. The van der Waals surface area contributed by atoms with Crippen LogP contribution in [0.2, 0.25) is 0 Å². The molecular formula is C44H51BrN4O7. The van der Waals surface area contributed by atoms with E-state index in [1.807, 2.05) is 84.9 Å². The molecule has 6 rings (SSSR count). The van der Waals surface area contributed by atoms with Gasteiger partial charge < -0.3 is 34.6 Å². The highest BCUT2D eigenvalue weighted by Crippen LogP contribution is 2.61. The molecule has 3 saturated heterocycles. The van der Waals surface area contributed by atoms with E-state index in [1.54, 1.807) is 17.1 Å². The Labute approximate surface area is 337 Å². The van der Waals surface area contributed by atoms with Gasteiger partial charge in [0, 0.05) is 42.3 Å². The molecule has 3 aromatic rings. The summed E-state index contributed by atoms with van der Waals surface area (Å²) in [6, 6.07) is 23.2. The van der Waals surface area contributed by atoms with Crippen LogP contribution in [0.15, 0.2) is 110 Å². The first-order chi connectivity index (χ1) is 27.1. The number of hydrogen-bond acceptors (Lipinski definition) is 8. The number of halogens is 1. The number of ether oxygens (including phenoxy) is 2. The van der Waals surface area contributed by atoms with Crippen molar-refractivity contribution in [3.63, 3.8) is 0 Å². The number of aliphatic hydroxyl groups is 1. The zero-order valence-corrected chi connectivity index (χ0v) is 33.6. The second kappa shape index (κ2) is 18.0. The average molecular weight is 828 g/mol. The Morgan fingerprint density at radius 2 is 1.61 bits per heavy atom. The van der Waals surface area contributed by atoms with Gasteiger partial charge in [0.15, 0.2) is 0 Å². The van der Waals surface area contributed by atoms with Crippen molar-refractivity contribution in [2.24, 2.45) is 11.8 Å². The van der Waals surface area contributed by atoms with Crippen LogP contribution in [-0.4, -0.2) is 89.1 Å². The molecule has 8 atom stereocenters. The van der Waals surface area contributed by atoms with E-state index >= 15 is 9.59 Å². The molecule has 11 nitrogen and oxygen atoms in total. The third-order valence-corrected chi connectivity index (χ3v) is 12.2. The number of benzene rings is 3. The van der Waals surface area contributed by atoms with Crippen LogP contribution >= 0.6 is 15.9 Å². The van der Waals surface area contributed by atoms with Crippen LogP contribution in [0.5, 0.6) is 0 Å². The number of fused-ring (bicyclic) bond motifs is 1. The van der Waals surface area contributed by atoms with Gasteiger partial charge in [0.05, 0.1) is 36.6 Å². The van der Waals surface area contributed by atoms with Crippen molar-refractivity contribution >= 4 is 51.0 Å². The van der Waals surface area contributed by atoms with Crippen molar-refractivity contribution in [2.45, 2.75) is 67.8 Å². The molecule has 0 aliphatic carbocycles. The summed E-state index contributed by atoms with van der Waals surface area (Å²) in [5, 5.41) is 14.1. The third kappa shape index (κ3) is 7.79. The fraction of sp³-hybridized carbons (Fsp3) is 0.409. The van der Waals surface area contributed by atoms with Crippen LogP contribution in [0.4, 0.5) is 11.4 Å². The number of nitrogens with zero attached hydrogens (tertiary/aromatic N) is 3. The molecule has 3 heterocycles. The molecule has 0 saturated carbocycles. The summed E-state index contributed by atoms with van der Waals surface area (Å²) in [7, 11) is 0. The molecule has 296 valence electrons. The lowest BCUT2D eigenvalue weighted by Crippen LogP contribution is -2.57. The maximum atomic E-state index is 15.3. The molecule has 3 aromatic carbocycles. The number of aliphatic hydroxyl groups excluding tert-OH is 1. The molecule has 3 aliphatic rings. The molecule has 0 radical (unpaired) electrons. The van der Waals surface area contributed by atoms with Crippen LogP contribution in [0.25, 0.3) is 0 Å². The predicted octanol–water partition coefficient (Wildman–Crippen LogP) is 5.90. The minimum atomic E-state index is -1.41.